The van der Waals surface area contributed by atoms with Crippen LogP contribution in [0.5, 0.6) is 0 Å². The molecule has 2 heterocycles. The number of nitrogens with one attached hydrogen (secondary N) is 1. The third-order valence-corrected chi connectivity index (χ3v) is 3.70. The van der Waals surface area contributed by atoms with Crippen LogP contribution in [0.2, 0.25) is 0 Å². The fraction of sp³-hybridized carbons (Fsp3) is 0.500. The fourth-order valence-electron chi connectivity index (χ4n) is 1.97. The van der Waals surface area contributed by atoms with E-state index in [2.05, 4.69) is 67.0 Å². The van der Waals surface area contributed by atoms with E-state index >= 15 is 0 Å². The quantitative estimate of drug-likeness (QED) is 0.876. The molecule has 0 unspecified atom stereocenters. The molecule has 0 saturated carbocycles. The van der Waals surface area contributed by atoms with Crippen molar-refractivity contribution >= 4 is 11.3 Å². The Hall–Kier alpha value is -1.10. The van der Waals surface area contributed by atoms with Gasteiger partial charge in [-0.25, -0.2) is 0 Å². The summed E-state index contributed by atoms with van der Waals surface area (Å²) in [4.78, 5) is 2.27. The summed E-state index contributed by atoms with van der Waals surface area (Å²) in [5.41, 5.74) is 1.47. The van der Waals surface area contributed by atoms with Gasteiger partial charge in [0.15, 0.2) is 0 Å². The van der Waals surface area contributed by atoms with Crippen LogP contribution in [0.15, 0.2) is 33.4 Å². The lowest BCUT2D eigenvalue weighted by molar-refractivity contribution is 0.280. The molecule has 0 fully saturated rings. The standard InChI is InChI=1S/C16H24N2OS/c1-16(2,3)17-9-14-5-6-15(19-14)11-18(4)10-13-7-8-20-12-13/h5-8,12,17H,9-11H2,1-4H3. The van der Waals surface area contributed by atoms with Gasteiger partial charge in [-0.05, 0) is 62.3 Å². The van der Waals surface area contributed by atoms with Gasteiger partial charge in [0, 0.05) is 12.1 Å². The van der Waals surface area contributed by atoms with Crippen molar-refractivity contribution in [3.63, 3.8) is 0 Å². The van der Waals surface area contributed by atoms with E-state index in [0.29, 0.717) is 0 Å². The fourth-order valence-corrected chi connectivity index (χ4v) is 2.63. The molecule has 0 aliphatic carbocycles. The highest BCUT2D eigenvalue weighted by Crippen LogP contribution is 2.14. The highest BCUT2D eigenvalue weighted by Gasteiger charge is 2.11. The van der Waals surface area contributed by atoms with Crippen LogP contribution in [-0.2, 0) is 19.6 Å². The van der Waals surface area contributed by atoms with Crippen molar-refractivity contribution in [2.24, 2.45) is 0 Å². The Morgan fingerprint density at radius 2 is 1.90 bits per heavy atom. The second-order valence-corrected chi connectivity index (χ2v) is 7.06. The molecule has 0 atom stereocenters. The zero-order valence-corrected chi connectivity index (χ0v) is 13.6. The molecule has 0 bridgehead atoms. The maximum atomic E-state index is 5.87. The van der Waals surface area contributed by atoms with Gasteiger partial charge < -0.3 is 9.73 Å². The SMILES string of the molecule is CN(Cc1ccsc1)Cc1ccc(CNC(C)(C)C)o1. The molecule has 4 heteroatoms. The van der Waals surface area contributed by atoms with Crippen molar-refractivity contribution in [2.75, 3.05) is 7.05 Å². The number of thiophene rings is 1. The van der Waals surface area contributed by atoms with E-state index < -0.39 is 0 Å². The Morgan fingerprint density at radius 3 is 2.55 bits per heavy atom. The molecule has 0 radical (unpaired) electrons. The molecule has 1 N–H and O–H groups in total. The highest BCUT2D eigenvalue weighted by molar-refractivity contribution is 7.07. The predicted molar refractivity (Wildman–Crippen MR) is 84.8 cm³/mol. The molecule has 0 spiro atoms. The van der Waals surface area contributed by atoms with Gasteiger partial charge in [0.1, 0.15) is 11.5 Å². The number of furan rings is 1. The molecule has 0 aliphatic rings. The van der Waals surface area contributed by atoms with Crippen LogP contribution >= 0.6 is 11.3 Å². The average molecular weight is 292 g/mol. The molecule has 0 saturated heterocycles. The van der Waals surface area contributed by atoms with E-state index in [1.807, 2.05) is 0 Å². The summed E-state index contributed by atoms with van der Waals surface area (Å²) in [6.45, 7) is 9.05. The van der Waals surface area contributed by atoms with Gasteiger partial charge in [0.2, 0.25) is 0 Å². The molecule has 0 aliphatic heterocycles. The van der Waals surface area contributed by atoms with E-state index in [9.17, 15) is 0 Å². The number of hydrogen-bond acceptors (Lipinski definition) is 4. The van der Waals surface area contributed by atoms with Crippen molar-refractivity contribution in [1.29, 1.82) is 0 Å². The monoisotopic (exact) mass is 292 g/mol. The van der Waals surface area contributed by atoms with E-state index in [1.165, 1.54) is 5.56 Å². The molecular formula is C16H24N2OS. The molecule has 0 amide bonds. The molecule has 20 heavy (non-hydrogen) atoms. The summed E-state index contributed by atoms with van der Waals surface area (Å²) < 4.78 is 5.87. The molecule has 2 aromatic rings. The smallest absolute Gasteiger partial charge is 0.118 e. The molecule has 2 rings (SSSR count). The Balaban J connectivity index is 1.83. The van der Waals surface area contributed by atoms with Gasteiger partial charge in [-0.3, -0.25) is 4.90 Å². The van der Waals surface area contributed by atoms with Gasteiger partial charge in [-0.2, -0.15) is 11.3 Å². The second-order valence-electron chi connectivity index (χ2n) is 6.28. The van der Waals surface area contributed by atoms with Crippen LogP contribution in [0.3, 0.4) is 0 Å². The second kappa shape index (κ2) is 6.57. The van der Waals surface area contributed by atoms with Crippen LogP contribution in [0.1, 0.15) is 37.9 Å². The maximum Gasteiger partial charge on any atom is 0.118 e. The predicted octanol–water partition coefficient (Wildman–Crippen LogP) is 3.86. The number of rotatable bonds is 6. The van der Waals surface area contributed by atoms with Gasteiger partial charge >= 0.3 is 0 Å². The largest absolute Gasteiger partial charge is 0.463 e. The van der Waals surface area contributed by atoms with Gasteiger partial charge in [-0.15, -0.1) is 0 Å². The minimum Gasteiger partial charge on any atom is -0.463 e. The zero-order valence-electron chi connectivity index (χ0n) is 12.8. The van der Waals surface area contributed by atoms with Crippen molar-refractivity contribution in [3.8, 4) is 0 Å². The van der Waals surface area contributed by atoms with Crippen LogP contribution in [-0.4, -0.2) is 17.5 Å². The lowest BCUT2D eigenvalue weighted by Gasteiger charge is -2.19. The maximum absolute atomic E-state index is 5.87. The number of hydrogen-bond donors (Lipinski definition) is 1. The summed E-state index contributed by atoms with van der Waals surface area (Å²) in [6, 6.07) is 6.30. The Morgan fingerprint density at radius 1 is 1.15 bits per heavy atom. The van der Waals surface area contributed by atoms with E-state index in [4.69, 9.17) is 4.42 Å². The summed E-state index contributed by atoms with van der Waals surface area (Å²) in [5.74, 6) is 2.02. The Bertz CT molecular complexity index is 511. The summed E-state index contributed by atoms with van der Waals surface area (Å²) in [7, 11) is 2.12. The number of nitrogens with zero attached hydrogens (tertiary/aromatic N) is 1. The third kappa shape index (κ3) is 5.12. The zero-order chi connectivity index (χ0) is 14.6. The first-order chi connectivity index (χ1) is 9.42. The normalized spacial score (nSPS) is 12.2. The van der Waals surface area contributed by atoms with E-state index in [0.717, 1.165) is 31.2 Å². The highest BCUT2D eigenvalue weighted by atomic mass is 32.1. The molecule has 3 nitrogen and oxygen atoms in total. The van der Waals surface area contributed by atoms with Gasteiger partial charge in [-0.1, -0.05) is 0 Å². The summed E-state index contributed by atoms with van der Waals surface area (Å²) >= 11 is 1.74. The van der Waals surface area contributed by atoms with Crippen LogP contribution in [0, 0.1) is 0 Å². The minimum atomic E-state index is 0.114. The van der Waals surface area contributed by atoms with Gasteiger partial charge in [0.25, 0.3) is 0 Å². The van der Waals surface area contributed by atoms with Crippen molar-refractivity contribution in [1.82, 2.24) is 10.2 Å². The summed E-state index contributed by atoms with van der Waals surface area (Å²) in [5, 5.41) is 7.74. The topological polar surface area (TPSA) is 28.4 Å². The van der Waals surface area contributed by atoms with Crippen LogP contribution in [0.25, 0.3) is 0 Å². The van der Waals surface area contributed by atoms with E-state index in [1.54, 1.807) is 11.3 Å². The first-order valence-corrected chi connectivity index (χ1v) is 7.89. The van der Waals surface area contributed by atoms with Gasteiger partial charge in [0.05, 0.1) is 13.1 Å². The first-order valence-electron chi connectivity index (χ1n) is 6.94. The van der Waals surface area contributed by atoms with Crippen molar-refractivity contribution in [3.05, 3.63) is 46.0 Å². The molecule has 2 aromatic heterocycles. The Labute approximate surface area is 125 Å². The van der Waals surface area contributed by atoms with Crippen LogP contribution < -0.4 is 5.32 Å². The Kier molecular flexibility index (Phi) is 5.02. The average Bonchev–Trinajstić information content (AvgIpc) is 2.97. The minimum absolute atomic E-state index is 0.114. The van der Waals surface area contributed by atoms with Crippen molar-refractivity contribution < 1.29 is 4.42 Å². The van der Waals surface area contributed by atoms with E-state index in [-0.39, 0.29) is 5.54 Å². The molecular weight excluding hydrogens is 268 g/mol. The first kappa shape index (κ1) is 15.3. The molecule has 110 valence electrons. The molecule has 0 aromatic carbocycles. The third-order valence-electron chi connectivity index (χ3n) is 2.97. The van der Waals surface area contributed by atoms with Crippen molar-refractivity contribution in [2.45, 2.75) is 45.9 Å². The summed E-state index contributed by atoms with van der Waals surface area (Å²) in [6.07, 6.45) is 0. The lowest BCUT2D eigenvalue weighted by Crippen LogP contribution is -2.34. The van der Waals surface area contributed by atoms with Crippen LogP contribution in [0.4, 0.5) is 0 Å². The lowest BCUT2D eigenvalue weighted by atomic mass is 10.1.